The van der Waals surface area contributed by atoms with Crippen LogP contribution in [0.15, 0.2) is 24.3 Å². The van der Waals surface area contributed by atoms with Crippen molar-refractivity contribution in [2.75, 3.05) is 13.2 Å². The first-order valence-electron chi connectivity index (χ1n) is 31.8. The quantitative estimate of drug-likeness (QED) is 0.0261. The van der Waals surface area contributed by atoms with Crippen molar-refractivity contribution in [2.45, 2.75) is 361 Å². The third kappa shape index (κ3) is 58.7. The van der Waals surface area contributed by atoms with E-state index in [0.717, 1.165) is 70.6 Å². The number of unbranched alkanes of at least 4 members (excludes halogenated alkanes) is 44. The molecular weight excluding hydrogens is 877 g/mol. The largest absolute Gasteiger partial charge is 0.462 e. The van der Waals surface area contributed by atoms with Gasteiger partial charge in [0.05, 0.1) is 0 Å². The van der Waals surface area contributed by atoms with Crippen molar-refractivity contribution in [3.8, 4) is 0 Å². The molecule has 0 rings (SSSR count). The molecule has 0 heterocycles. The summed E-state index contributed by atoms with van der Waals surface area (Å²) >= 11 is 0. The van der Waals surface area contributed by atoms with Gasteiger partial charge >= 0.3 is 17.9 Å². The van der Waals surface area contributed by atoms with Gasteiger partial charge in [0.1, 0.15) is 13.2 Å². The summed E-state index contributed by atoms with van der Waals surface area (Å²) in [6.45, 7) is 6.59. The predicted molar refractivity (Wildman–Crippen MR) is 307 cm³/mol. The Bertz CT molecular complexity index is 1150. The smallest absolute Gasteiger partial charge is 0.306 e. The molecule has 0 aromatic heterocycles. The first-order chi connectivity index (χ1) is 35.0. The van der Waals surface area contributed by atoms with Crippen LogP contribution in [-0.4, -0.2) is 37.2 Å². The fourth-order valence-electron chi connectivity index (χ4n) is 9.61. The van der Waals surface area contributed by atoms with Crippen molar-refractivity contribution in [3.05, 3.63) is 24.3 Å². The molecule has 0 aliphatic carbocycles. The molecule has 0 bridgehead atoms. The fourth-order valence-corrected chi connectivity index (χ4v) is 9.61. The highest BCUT2D eigenvalue weighted by atomic mass is 16.6. The average molecular weight is 1000 g/mol. The van der Waals surface area contributed by atoms with E-state index in [9.17, 15) is 14.4 Å². The molecule has 71 heavy (non-hydrogen) atoms. The normalized spacial score (nSPS) is 12.1. The van der Waals surface area contributed by atoms with Crippen LogP contribution in [-0.2, 0) is 28.6 Å². The van der Waals surface area contributed by atoms with Gasteiger partial charge < -0.3 is 14.2 Å². The summed E-state index contributed by atoms with van der Waals surface area (Å²) in [7, 11) is 0. The van der Waals surface area contributed by atoms with Crippen LogP contribution in [0.3, 0.4) is 0 Å². The van der Waals surface area contributed by atoms with E-state index in [0.29, 0.717) is 19.3 Å². The number of carbonyl (C=O) groups is 3. The minimum absolute atomic E-state index is 0.0704. The van der Waals surface area contributed by atoms with Crippen molar-refractivity contribution in [1.29, 1.82) is 0 Å². The first-order valence-corrected chi connectivity index (χ1v) is 31.8. The van der Waals surface area contributed by atoms with Gasteiger partial charge in [-0.1, -0.05) is 289 Å². The van der Waals surface area contributed by atoms with Gasteiger partial charge in [-0.05, 0) is 70.6 Å². The predicted octanol–water partition coefficient (Wildman–Crippen LogP) is 21.4. The summed E-state index contributed by atoms with van der Waals surface area (Å²) in [6.07, 6.45) is 72.6. The molecule has 0 fully saturated rings. The molecule has 0 N–H and O–H groups in total. The topological polar surface area (TPSA) is 78.9 Å². The molecule has 1 atom stereocenters. The van der Waals surface area contributed by atoms with Crippen LogP contribution >= 0.6 is 0 Å². The number of rotatable bonds is 59. The van der Waals surface area contributed by atoms with Crippen LogP contribution in [0.25, 0.3) is 0 Å². The van der Waals surface area contributed by atoms with E-state index in [1.54, 1.807) is 0 Å². The lowest BCUT2D eigenvalue weighted by Crippen LogP contribution is -2.30. The Morgan fingerprint density at radius 2 is 0.465 bits per heavy atom. The fraction of sp³-hybridized carbons (Fsp3) is 0.892. The Morgan fingerprint density at radius 3 is 0.704 bits per heavy atom. The number of ether oxygens (including phenoxy) is 3. The maximum Gasteiger partial charge on any atom is 0.306 e. The summed E-state index contributed by atoms with van der Waals surface area (Å²) in [5, 5.41) is 0. The van der Waals surface area contributed by atoms with Crippen LogP contribution < -0.4 is 0 Å². The van der Waals surface area contributed by atoms with Crippen LogP contribution in [0, 0.1) is 0 Å². The molecule has 0 aromatic carbocycles. The second kappa shape index (κ2) is 60.4. The zero-order valence-electron chi connectivity index (χ0n) is 48.0. The lowest BCUT2D eigenvalue weighted by atomic mass is 10.0. The Labute approximate surface area is 443 Å². The highest BCUT2D eigenvalue weighted by molar-refractivity contribution is 5.71. The summed E-state index contributed by atoms with van der Waals surface area (Å²) in [5.74, 6) is -0.874. The van der Waals surface area contributed by atoms with E-state index in [2.05, 4.69) is 45.1 Å². The Morgan fingerprint density at radius 1 is 0.268 bits per heavy atom. The molecule has 6 nitrogen and oxygen atoms in total. The maximum atomic E-state index is 12.8. The molecule has 0 amide bonds. The zero-order valence-corrected chi connectivity index (χ0v) is 48.0. The summed E-state index contributed by atoms with van der Waals surface area (Å²) in [5.41, 5.74) is 0. The molecule has 1 unspecified atom stereocenters. The van der Waals surface area contributed by atoms with Crippen molar-refractivity contribution in [1.82, 2.24) is 0 Å². The van der Waals surface area contributed by atoms with Gasteiger partial charge in [0, 0.05) is 19.3 Å². The zero-order chi connectivity index (χ0) is 51.4. The molecular formula is C65H122O6. The lowest BCUT2D eigenvalue weighted by molar-refractivity contribution is -0.167. The molecule has 418 valence electrons. The minimum Gasteiger partial charge on any atom is -0.462 e. The van der Waals surface area contributed by atoms with E-state index in [1.807, 2.05) is 0 Å². The second-order valence-corrected chi connectivity index (χ2v) is 21.7. The summed E-state index contributed by atoms with van der Waals surface area (Å²) in [6, 6.07) is 0. The van der Waals surface area contributed by atoms with Gasteiger partial charge in [0.15, 0.2) is 6.10 Å². The van der Waals surface area contributed by atoms with E-state index >= 15 is 0 Å². The van der Waals surface area contributed by atoms with Gasteiger partial charge in [0.2, 0.25) is 0 Å². The third-order valence-corrected chi connectivity index (χ3v) is 14.4. The Kier molecular flexibility index (Phi) is 58.6. The maximum absolute atomic E-state index is 12.8. The SMILES string of the molecule is CCCCCCCC/C=C\CCCCCCCC(=O)OC(COC(=O)CCCCCCC)COC(=O)CCCCCCCCCCCCCCCCCCCCCCC/C=C\CCCCCCCCCC. The summed E-state index contributed by atoms with van der Waals surface area (Å²) in [4.78, 5) is 37.8. The molecule has 0 spiro atoms. The number of carbonyl (C=O) groups excluding carboxylic acids is 3. The number of esters is 3. The van der Waals surface area contributed by atoms with Gasteiger partial charge in [-0.3, -0.25) is 14.4 Å². The molecule has 0 aliphatic rings. The van der Waals surface area contributed by atoms with Crippen molar-refractivity contribution < 1.29 is 28.6 Å². The average Bonchev–Trinajstić information content (AvgIpc) is 3.37. The lowest BCUT2D eigenvalue weighted by Gasteiger charge is -2.18. The van der Waals surface area contributed by atoms with Crippen LogP contribution in [0.1, 0.15) is 355 Å². The van der Waals surface area contributed by atoms with E-state index < -0.39 is 6.10 Å². The Hall–Kier alpha value is -2.11. The second-order valence-electron chi connectivity index (χ2n) is 21.7. The van der Waals surface area contributed by atoms with E-state index in [4.69, 9.17) is 14.2 Å². The molecule has 0 saturated carbocycles. The highest BCUT2D eigenvalue weighted by Gasteiger charge is 2.19. The highest BCUT2D eigenvalue weighted by Crippen LogP contribution is 2.18. The number of hydrogen-bond donors (Lipinski definition) is 0. The van der Waals surface area contributed by atoms with Gasteiger partial charge in [-0.25, -0.2) is 0 Å². The number of allylic oxidation sites excluding steroid dienone is 4. The first kappa shape index (κ1) is 68.9. The minimum atomic E-state index is -0.768. The monoisotopic (exact) mass is 999 g/mol. The van der Waals surface area contributed by atoms with Gasteiger partial charge in [-0.15, -0.1) is 0 Å². The van der Waals surface area contributed by atoms with Crippen molar-refractivity contribution >= 4 is 17.9 Å². The van der Waals surface area contributed by atoms with Crippen molar-refractivity contribution in [2.24, 2.45) is 0 Å². The molecule has 0 aromatic rings. The van der Waals surface area contributed by atoms with Gasteiger partial charge in [-0.2, -0.15) is 0 Å². The van der Waals surface area contributed by atoms with Crippen LogP contribution in [0.5, 0.6) is 0 Å². The molecule has 0 radical (unpaired) electrons. The van der Waals surface area contributed by atoms with E-state index in [-0.39, 0.29) is 31.1 Å². The molecule has 0 saturated heterocycles. The number of hydrogen-bond acceptors (Lipinski definition) is 6. The van der Waals surface area contributed by atoms with Crippen LogP contribution in [0.2, 0.25) is 0 Å². The standard InChI is InChI=1S/C65H122O6/c1-4-7-10-13-15-17-19-21-23-24-25-26-27-28-29-30-31-32-33-34-35-36-37-38-39-40-42-43-45-47-49-52-55-58-64(67)70-61-62(60-69-63(66)57-54-51-12-9-6-3)71-65(68)59-56-53-50-48-46-44-41-22-20-18-16-14-11-8-5-2/h22,24-25,41,62H,4-21,23,26-40,42-61H2,1-3H3/b25-24-,41-22-. The van der Waals surface area contributed by atoms with E-state index in [1.165, 1.54) is 244 Å². The Balaban J connectivity index is 3.87. The third-order valence-electron chi connectivity index (χ3n) is 14.4. The van der Waals surface area contributed by atoms with Crippen LogP contribution in [0.4, 0.5) is 0 Å². The summed E-state index contributed by atoms with van der Waals surface area (Å²) < 4.78 is 16.7. The van der Waals surface area contributed by atoms with Crippen molar-refractivity contribution in [3.63, 3.8) is 0 Å². The molecule has 0 aliphatic heterocycles. The molecule has 6 heteroatoms. The van der Waals surface area contributed by atoms with Gasteiger partial charge in [0.25, 0.3) is 0 Å².